The molecule has 2 fully saturated rings. The van der Waals surface area contributed by atoms with Gasteiger partial charge in [0.2, 0.25) is 5.91 Å². The molecule has 0 unspecified atom stereocenters. The Balaban J connectivity index is 1.78. The van der Waals surface area contributed by atoms with Gasteiger partial charge in [0.1, 0.15) is 11.8 Å². The number of benzene rings is 1. The van der Waals surface area contributed by atoms with Gasteiger partial charge in [-0.3, -0.25) is 4.79 Å². The summed E-state index contributed by atoms with van der Waals surface area (Å²) in [6, 6.07) is 4.11. The van der Waals surface area contributed by atoms with E-state index in [9.17, 15) is 9.59 Å². The fourth-order valence-corrected chi connectivity index (χ4v) is 4.59. The molecule has 0 radical (unpaired) electrons. The number of fused-ring (bicyclic) bond motifs is 1. The van der Waals surface area contributed by atoms with Crippen LogP contribution in [0.25, 0.3) is 0 Å². The molecule has 21 heavy (non-hydrogen) atoms. The molecule has 2 atom stereocenters. The van der Waals surface area contributed by atoms with E-state index in [-0.39, 0.29) is 21.6 Å². The van der Waals surface area contributed by atoms with E-state index in [0.29, 0.717) is 17.2 Å². The smallest absolute Gasteiger partial charge is 0.335 e. The van der Waals surface area contributed by atoms with Gasteiger partial charge in [-0.15, -0.1) is 11.8 Å². The highest BCUT2D eigenvalue weighted by atomic mass is 35.5. The summed E-state index contributed by atoms with van der Waals surface area (Å²) < 4.78 is 5.35. The van der Waals surface area contributed by atoms with Crippen molar-refractivity contribution in [2.24, 2.45) is 0 Å². The predicted molar refractivity (Wildman–Crippen MR) is 82.8 cm³/mol. The number of hydrogen-bond donors (Lipinski definition) is 0. The molecule has 0 aliphatic carbocycles. The van der Waals surface area contributed by atoms with Crippen LogP contribution in [0.3, 0.4) is 0 Å². The van der Waals surface area contributed by atoms with Crippen molar-refractivity contribution >= 4 is 46.8 Å². The lowest BCUT2D eigenvalue weighted by Crippen LogP contribution is -2.47. The van der Waals surface area contributed by atoms with Crippen molar-refractivity contribution in [1.82, 2.24) is 4.90 Å². The van der Waals surface area contributed by atoms with Gasteiger partial charge in [0.15, 0.2) is 0 Å². The minimum absolute atomic E-state index is 0.00616. The van der Waals surface area contributed by atoms with Crippen molar-refractivity contribution in [2.45, 2.75) is 30.7 Å². The Bertz CT molecular complexity index is 624. The third kappa shape index (κ3) is 2.62. The van der Waals surface area contributed by atoms with E-state index in [1.807, 2.05) is 6.92 Å². The molecule has 2 heterocycles. The highest BCUT2D eigenvalue weighted by Gasteiger charge is 2.53. The van der Waals surface area contributed by atoms with Gasteiger partial charge in [0.05, 0.1) is 9.89 Å². The van der Waals surface area contributed by atoms with Crippen molar-refractivity contribution in [1.29, 1.82) is 0 Å². The largest absolute Gasteiger partial charge is 0.423 e. The molecular formula is C14H13Cl2NO3S. The SMILES string of the molecule is C[C@]12CCC(=O)N1[C@H](C(=O)Oc1ccc(Cl)cc1Cl)CS2. The first kappa shape index (κ1) is 15.0. The number of rotatable bonds is 2. The zero-order valence-electron chi connectivity index (χ0n) is 11.3. The zero-order chi connectivity index (χ0) is 15.2. The lowest BCUT2D eigenvalue weighted by Gasteiger charge is -2.29. The van der Waals surface area contributed by atoms with Crippen molar-refractivity contribution in [3.63, 3.8) is 0 Å². The van der Waals surface area contributed by atoms with Crippen molar-refractivity contribution in [3.8, 4) is 5.75 Å². The monoisotopic (exact) mass is 345 g/mol. The van der Waals surface area contributed by atoms with Gasteiger partial charge in [-0.2, -0.15) is 0 Å². The van der Waals surface area contributed by atoms with E-state index >= 15 is 0 Å². The fourth-order valence-electron chi connectivity index (χ4n) is 2.73. The number of carbonyl (C=O) groups is 2. The van der Waals surface area contributed by atoms with E-state index in [1.165, 1.54) is 6.07 Å². The lowest BCUT2D eigenvalue weighted by molar-refractivity contribution is -0.146. The van der Waals surface area contributed by atoms with E-state index in [0.717, 1.165) is 6.42 Å². The van der Waals surface area contributed by atoms with Crippen LogP contribution < -0.4 is 4.74 Å². The molecule has 1 amide bonds. The lowest BCUT2D eigenvalue weighted by atomic mass is 10.2. The molecule has 0 N–H and O–H groups in total. The molecule has 0 aromatic heterocycles. The van der Waals surface area contributed by atoms with Crippen LogP contribution in [0.5, 0.6) is 5.75 Å². The maximum absolute atomic E-state index is 12.4. The Hall–Kier alpha value is -0.910. The molecule has 1 aromatic rings. The number of halogens is 2. The molecular weight excluding hydrogens is 333 g/mol. The second kappa shape index (κ2) is 5.38. The van der Waals surface area contributed by atoms with Gasteiger partial charge >= 0.3 is 5.97 Å². The molecule has 0 spiro atoms. The van der Waals surface area contributed by atoms with E-state index in [1.54, 1.807) is 28.8 Å². The molecule has 0 saturated carbocycles. The van der Waals surface area contributed by atoms with Gasteiger partial charge in [-0.05, 0) is 31.5 Å². The van der Waals surface area contributed by atoms with Crippen LogP contribution >= 0.6 is 35.0 Å². The predicted octanol–water partition coefficient (Wildman–Crippen LogP) is 3.35. The van der Waals surface area contributed by atoms with E-state index in [2.05, 4.69) is 0 Å². The summed E-state index contributed by atoms with van der Waals surface area (Å²) in [5, 5.41) is 0.746. The van der Waals surface area contributed by atoms with Gasteiger partial charge in [-0.25, -0.2) is 4.79 Å². The van der Waals surface area contributed by atoms with Crippen LogP contribution in [0.4, 0.5) is 0 Å². The molecule has 0 bridgehead atoms. The van der Waals surface area contributed by atoms with Crippen molar-refractivity contribution in [3.05, 3.63) is 28.2 Å². The topological polar surface area (TPSA) is 46.6 Å². The average Bonchev–Trinajstić information content (AvgIpc) is 2.90. The molecule has 7 heteroatoms. The standard InChI is InChI=1S/C14H13Cl2NO3S/c1-14-5-4-12(18)17(14)10(7-21-14)13(19)20-11-3-2-8(15)6-9(11)16/h2-3,6,10H,4-5,7H2,1H3/t10-,14-/m0/s1. The van der Waals surface area contributed by atoms with Crippen LogP contribution in [0.1, 0.15) is 19.8 Å². The van der Waals surface area contributed by atoms with E-state index < -0.39 is 12.0 Å². The first-order valence-corrected chi connectivity index (χ1v) is 8.28. The van der Waals surface area contributed by atoms with Crippen LogP contribution in [0, 0.1) is 0 Å². The number of esters is 1. The average molecular weight is 346 g/mol. The molecule has 2 aliphatic heterocycles. The third-order valence-corrected chi connectivity index (χ3v) is 5.86. The molecule has 4 nitrogen and oxygen atoms in total. The number of carbonyl (C=O) groups excluding carboxylic acids is 2. The second-order valence-corrected chi connectivity index (χ2v) is 7.61. The number of nitrogens with zero attached hydrogens (tertiary/aromatic N) is 1. The van der Waals surface area contributed by atoms with Gasteiger partial charge < -0.3 is 9.64 Å². The Labute approximate surface area is 136 Å². The fraction of sp³-hybridized carbons (Fsp3) is 0.429. The van der Waals surface area contributed by atoms with Gasteiger partial charge in [0, 0.05) is 17.2 Å². The normalized spacial score (nSPS) is 27.9. The summed E-state index contributed by atoms with van der Waals surface area (Å²) in [6.45, 7) is 1.99. The number of thioether (sulfide) groups is 1. The van der Waals surface area contributed by atoms with Crippen LogP contribution in [-0.4, -0.2) is 33.4 Å². The van der Waals surface area contributed by atoms with Crippen LogP contribution in [0.2, 0.25) is 10.0 Å². The minimum atomic E-state index is -0.554. The van der Waals surface area contributed by atoms with Crippen LogP contribution in [-0.2, 0) is 9.59 Å². The molecule has 2 aliphatic rings. The maximum atomic E-state index is 12.4. The first-order chi connectivity index (χ1) is 9.90. The number of ether oxygens (including phenoxy) is 1. The second-order valence-electron chi connectivity index (χ2n) is 5.26. The minimum Gasteiger partial charge on any atom is -0.423 e. The highest BCUT2D eigenvalue weighted by Crippen LogP contribution is 2.47. The van der Waals surface area contributed by atoms with E-state index in [4.69, 9.17) is 27.9 Å². The number of hydrogen-bond acceptors (Lipinski definition) is 4. The highest BCUT2D eigenvalue weighted by molar-refractivity contribution is 8.01. The summed E-state index contributed by atoms with van der Waals surface area (Å²) in [4.78, 5) is 25.7. The zero-order valence-corrected chi connectivity index (χ0v) is 13.6. The summed E-state index contributed by atoms with van der Waals surface area (Å²) in [5.41, 5.74) is 0. The molecule has 3 rings (SSSR count). The van der Waals surface area contributed by atoms with Gasteiger partial charge in [-0.1, -0.05) is 23.2 Å². The molecule has 1 aromatic carbocycles. The Morgan fingerprint density at radius 2 is 2.24 bits per heavy atom. The first-order valence-electron chi connectivity index (χ1n) is 6.53. The third-order valence-electron chi connectivity index (χ3n) is 3.82. The Kier molecular flexibility index (Phi) is 3.84. The summed E-state index contributed by atoms with van der Waals surface area (Å²) in [7, 11) is 0. The number of amides is 1. The Morgan fingerprint density at radius 1 is 1.48 bits per heavy atom. The summed E-state index contributed by atoms with van der Waals surface area (Å²) in [5.74, 6) is 0.361. The van der Waals surface area contributed by atoms with Crippen molar-refractivity contribution < 1.29 is 14.3 Å². The maximum Gasteiger partial charge on any atom is 0.335 e. The van der Waals surface area contributed by atoms with Gasteiger partial charge in [0.25, 0.3) is 0 Å². The Morgan fingerprint density at radius 3 is 2.95 bits per heavy atom. The molecule has 2 saturated heterocycles. The summed E-state index contributed by atoms with van der Waals surface area (Å²) in [6.07, 6.45) is 1.25. The van der Waals surface area contributed by atoms with Crippen LogP contribution in [0.15, 0.2) is 18.2 Å². The summed E-state index contributed by atoms with van der Waals surface area (Å²) >= 11 is 13.4. The molecule has 112 valence electrons. The van der Waals surface area contributed by atoms with Crippen molar-refractivity contribution in [2.75, 3.05) is 5.75 Å². The quantitative estimate of drug-likeness (QED) is 0.609.